The van der Waals surface area contributed by atoms with Crippen molar-refractivity contribution in [3.8, 4) is 5.75 Å². The molecular weight excluding hydrogens is 264 g/mol. The molecule has 1 aliphatic rings. The van der Waals surface area contributed by atoms with Crippen molar-refractivity contribution in [1.29, 1.82) is 0 Å². The van der Waals surface area contributed by atoms with Gasteiger partial charge in [-0.3, -0.25) is 4.99 Å². The van der Waals surface area contributed by atoms with Gasteiger partial charge >= 0.3 is 0 Å². The number of halogens is 2. The largest absolute Gasteiger partial charge is 0.486 e. The van der Waals surface area contributed by atoms with E-state index >= 15 is 0 Å². The van der Waals surface area contributed by atoms with Gasteiger partial charge in [-0.2, -0.15) is 0 Å². The molecule has 6 heteroatoms. The van der Waals surface area contributed by atoms with Gasteiger partial charge in [-0.1, -0.05) is 0 Å². The van der Waals surface area contributed by atoms with Crippen LogP contribution in [0.1, 0.15) is 13.8 Å². The number of hydrogen-bond donors (Lipinski definition) is 1. The number of ether oxygens (including phenoxy) is 1. The van der Waals surface area contributed by atoms with Crippen molar-refractivity contribution in [3.05, 3.63) is 29.8 Å². The van der Waals surface area contributed by atoms with E-state index in [4.69, 9.17) is 4.74 Å². The van der Waals surface area contributed by atoms with Gasteiger partial charge in [0.15, 0.2) is 5.96 Å². The summed E-state index contributed by atoms with van der Waals surface area (Å²) in [6.07, 6.45) is 0. The fourth-order valence-corrected chi connectivity index (χ4v) is 1.96. The molecule has 0 aliphatic carbocycles. The highest BCUT2D eigenvalue weighted by atomic mass is 19.1. The topological polar surface area (TPSA) is 36.9 Å². The Hall–Kier alpha value is -1.85. The van der Waals surface area contributed by atoms with E-state index in [9.17, 15) is 8.78 Å². The molecular formula is C14H19F2N3O. The van der Waals surface area contributed by atoms with Crippen LogP contribution in [0, 0.1) is 11.6 Å². The lowest BCUT2D eigenvalue weighted by Gasteiger charge is -2.28. The third-order valence-electron chi connectivity index (χ3n) is 2.96. The third kappa shape index (κ3) is 3.82. The Morgan fingerprint density at radius 3 is 2.50 bits per heavy atom. The van der Waals surface area contributed by atoms with E-state index in [1.54, 1.807) is 0 Å². The highest BCUT2D eigenvalue weighted by Crippen LogP contribution is 2.20. The SMILES string of the molecule is CN1CCN=C1NCC(C)(C)Oc1cc(F)cc(F)c1. The van der Waals surface area contributed by atoms with Crippen molar-refractivity contribution in [2.24, 2.45) is 4.99 Å². The van der Waals surface area contributed by atoms with E-state index in [1.165, 1.54) is 12.1 Å². The van der Waals surface area contributed by atoms with E-state index < -0.39 is 17.2 Å². The minimum Gasteiger partial charge on any atom is -0.486 e. The van der Waals surface area contributed by atoms with Crippen LogP contribution in [0.2, 0.25) is 0 Å². The predicted molar refractivity (Wildman–Crippen MR) is 74.0 cm³/mol. The Kier molecular flexibility index (Phi) is 4.11. The van der Waals surface area contributed by atoms with Crippen LogP contribution in [-0.2, 0) is 0 Å². The summed E-state index contributed by atoms with van der Waals surface area (Å²) in [5.41, 5.74) is -0.619. The molecule has 1 aromatic rings. The van der Waals surface area contributed by atoms with Crippen molar-refractivity contribution in [3.63, 3.8) is 0 Å². The quantitative estimate of drug-likeness (QED) is 0.918. The zero-order valence-electron chi connectivity index (χ0n) is 11.9. The molecule has 1 N–H and O–H groups in total. The molecule has 0 saturated carbocycles. The molecule has 1 aromatic carbocycles. The lowest BCUT2D eigenvalue weighted by atomic mass is 10.1. The Balaban J connectivity index is 1.96. The van der Waals surface area contributed by atoms with Crippen molar-refractivity contribution >= 4 is 5.96 Å². The highest BCUT2D eigenvalue weighted by Gasteiger charge is 2.23. The van der Waals surface area contributed by atoms with Crippen LogP contribution >= 0.6 is 0 Å². The zero-order chi connectivity index (χ0) is 14.8. The fraction of sp³-hybridized carbons (Fsp3) is 0.500. The lowest BCUT2D eigenvalue weighted by Crippen LogP contribution is -2.46. The second-order valence-electron chi connectivity index (χ2n) is 5.45. The number of benzene rings is 1. The summed E-state index contributed by atoms with van der Waals surface area (Å²) in [6.45, 7) is 5.83. The molecule has 0 aromatic heterocycles. The van der Waals surface area contributed by atoms with Gasteiger partial charge in [0, 0.05) is 31.8 Å². The Morgan fingerprint density at radius 1 is 1.30 bits per heavy atom. The molecule has 1 aliphatic heterocycles. The number of guanidine groups is 1. The molecule has 0 saturated heterocycles. The average Bonchev–Trinajstić information content (AvgIpc) is 2.70. The Bertz CT molecular complexity index is 497. The lowest BCUT2D eigenvalue weighted by molar-refractivity contribution is 0.112. The summed E-state index contributed by atoms with van der Waals surface area (Å²) in [6, 6.07) is 3.16. The smallest absolute Gasteiger partial charge is 0.193 e. The van der Waals surface area contributed by atoms with Gasteiger partial charge in [-0.15, -0.1) is 0 Å². The standard InChI is InChI=1S/C14H19F2N3O/c1-14(2,9-18-13-17-4-5-19(13)3)20-12-7-10(15)6-11(16)8-12/h6-8H,4-5,9H2,1-3H3,(H,17,18). The molecule has 0 bridgehead atoms. The first-order chi connectivity index (χ1) is 9.35. The van der Waals surface area contributed by atoms with Crippen LogP contribution in [0.15, 0.2) is 23.2 Å². The van der Waals surface area contributed by atoms with Gasteiger partial charge < -0.3 is 15.0 Å². The normalized spacial score (nSPS) is 15.2. The van der Waals surface area contributed by atoms with Crippen molar-refractivity contribution < 1.29 is 13.5 Å². The number of nitrogens with one attached hydrogen (secondary N) is 1. The molecule has 0 atom stereocenters. The third-order valence-corrected chi connectivity index (χ3v) is 2.96. The number of hydrogen-bond acceptors (Lipinski definition) is 4. The van der Waals surface area contributed by atoms with Crippen LogP contribution in [-0.4, -0.2) is 43.1 Å². The number of aliphatic imine (C=N–C) groups is 1. The van der Waals surface area contributed by atoms with Gasteiger partial charge in [0.2, 0.25) is 0 Å². The number of rotatable bonds is 4. The molecule has 0 unspecified atom stereocenters. The average molecular weight is 283 g/mol. The Morgan fingerprint density at radius 2 is 1.95 bits per heavy atom. The molecule has 2 rings (SSSR count). The molecule has 0 fully saturated rings. The molecule has 1 heterocycles. The maximum Gasteiger partial charge on any atom is 0.193 e. The van der Waals surface area contributed by atoms with Gasteiger partial charge in [0.25, 0.3) is 0 Å². The van der Waals surface area contributed by atoms with Crippen molar-refractivity contribution in [1.82, 2.24) is 10.2 Å². The number of nitrogens with zero attached hydrogens (tertiary/aromatic N) is 2. The van der Waals surface area contributed by atoms with Gasteiger partial charge in [-0.25, -0.2) is 8.78 Å². The molecule has 0 radical (unpaired) electrons. The van der Waals surface area contributed by atoms with Crippen LogP contribution in [0.5, 0.6) is 5.75 Å². The Labute approximate surface area is 117 Å². The summed E-state index contributed by atoms with van der Waals surface area (Å²) in [4.78, 5) is 6.32. The van der Waals surface area contributed by atoms with Gasteiger partial charge in [-0.05, 0) is 13.8 Å². The van der Waals surface area contributed by atoms with Crippen LogP contribution < -0.4 is 10.1 Å². The van der Waals surface area contributed by atoms with E-state index in [2.05, 4.69) is 10.3 Å². The summed E-state index contributed by atoms with van der Waals surface area (Å²) in [5, 5.41) is 3.18. The maximum absolute atomic E-state index is 13.1. The summed E-state index contributed by atoms with van der Waals surface area (Å²) in [7, 11) is 1.95. The molecule has 110 valence electrons. The zero-order valence-corrected chi connectivity index (χ0v) is 11.9. The van der Waals surface area contributed by atoms with Crippen LogP contribution in [0.3, 0.4) is 0 Å². The summed E-state index contributed by atoms with van der Waals surface area (Å²) >= 11 is 0. The van der Waals surface area contributed by atoms with Crippen LogP contribution in [0.25, 0.3) is 0 Å². The first-order valence-electron chi connectivity index (χ1n) is 6.50. The predicted octanol–water partition coefficient (Wildman–Crippen LogP) is 2.01. The minimum absolute atomic E-state index is 0.177. The van der Waals surface area contributed by atoms with E-state index in [1.807, 2.05) is 25.8 Å². The minimum atomic E-state index is -0.649. The summed E-state index contributed by atoms with van der Waals surface area (Å²) < 4.78 is 31.9. The fourth-order valence-electron chi connectivity index (χ4n) is 1.96. The van der Waals surface area contributed by atoms with Crippen LogP contribution in [0.4, 0.5) is 8.78 Å². The second kappa shape index (κ2) is 5.64. The molecule has 20 heavy (non-hydrogen) atoms. The van der Waals surface area contributed by atoms with E-state index in [0.29, 0.717) is 6.54 Å². The van der Waals surface area contributed by atoms with E-state index in [-0.39, 0.29) is 5.75 Å². The van der Waals surface area contributed by atoms with Gasteiger partial charge in [0.05, 0.1) is 13.1 Å². The first kappa shape index (κ1) is 14.6. The van der Waals surface area contributed by atoms with Crippen molar-refractivity contribution in [2.75, 3.05) is 26.7 Å². The second-order valence-corrected chi connectivity index (χ2v) is 5.45. The monoisotopic (exact) mass is 283 g/mol. The van der Waals surface area contributed by atoms with Gasteiger partial charge in [0.1, 0.15) is 23.0 Å². The summed E-state index contributed by atoms with van der Waals surface area (Å²) in [5.74, 6) is -0.310. The van der Waals surface area contributed by atoms with E-state index in [0.717, 1.165) is 25.1 Å². The molecule has 0 amide bonds. The maximum atomic E-state index is 13.1. The molecule has 0 spiro atoms. The highest BCUT2D eigenvalue weighted by molar-refractivity contribution is 5.81. The van der Waals surface area contributed by atoms with Crippen molar-refractivity contribution in [2.45, 2.75) is 19.4 Å². The first-order valence-corrected chi connectivity index (χ1v) is 6.50. The number of likely N-dealkylation sites (N-methyl/N-ethyl adjacent to an activating group) is 1. The molecule has 4 nitrogen and oxygen atoms in total.